The van der Waals surface area contributed by atoms with E-state index in [4.69, 9.17) is 16.7 Å². The molecule has 0 amide bonds. The Bertz CT molecular complexity index is 2070. The summed E-state index contributed by atoms with van der Waals surface area (Å²) in [6.45, 7) is 1.88. The smallest absolute Gasteiger partial charge is 0.117 e. The fourth-order valence-corrected chi connectivity index (χ4v) is 7.14. The standard InChI is InChI=1S/C42H33N3/c1-2-29(25-32(44)27-43)41(45)19-11-6-12-28-20-22-39-35(24-28)36-26-31(30-13-4-3-5-14-30)21-23-40(36)42(39)37-17-9-7-15-33(37)34-16-8-10-18-38(34)42/h2-11,13-26H,12,44-45H2,1H3/b11-6-,29-2+,32-25-,41-19-. The van der Waals surface area contributed by atoms with Crippen LogP contribution in [-0.2, 0) is 11.8 Å². The van der Waals surface area contributed by atoms with Gasteiger partial charge in [-0.05, 0) is 98.3 Å². The van der Waals surface area contributed by atoms with Crippen LogP contribution in [0.1, 0.15) is 34.7 Å². The number of benzene rings is 5. The Morgan fingerprint density at radius 1 is 0.689 bits per heavy atom. The first kappa shape index (κ1) is 28.0. The number of fused-ring (bicyclic) bond motifs is 10. The Morgan fingerprint density at radius 2 is 1.29 bits per heavy atom. The zero-order valence-electron chi connectivity index (χ0n) is 25.2. The highest BCUT2D eigenvalue weighted by Gasteiger charge is 2.51. The summed E-state index contributed by atoms with van der Waals surface area (Å²) in [4.78, 5) is 0. The van der Waals surface area contributed by atoms with Gasteiger partial charge in [0.25, 0.3) is 0 Å². The molecule has 0 saturated carbocycles. The van der Waals surface area contributed by atoms with Gasteiger partial charge < -0.3 is 11.5 Å². The summed E-state index contributed by atoms with van der Waals surface area (Å²) in [5.41, 5.74) is 27.2. The van der Waals surface area contributed by atoms with Gasteiger partial charge in [-0.2, -0.15) is 5.26 Å². The van der Waals surface area contributed by atoms with Gasteiger partial charge in [-0.25, -0.2) is 0 Å². The van der Waals surface area contributed by atoms with Gasteiger partial charge in [0.15, 0.2) is 0 Å². The molecule has 0 aliphatic heterocycles. The van der Waals surface area contributed by atoms with Crippen molar-refractivity contribution in [2.45, 2.75) is 18.8 Å². The van der Waals surface area contributed by atoms with Crippen LogP contribution in [-0.4, -0.2) is 0 Å². The summed E-state index contributed by atoms with van der Waals surface area (Å²) < 4.78 is 0. The lowest BCUT2D eigenvalue weighted by molar-refractivity contribution is 0.793. The van der Waals surface area contributed by atoms with E-state index in [1.807, 2.05) is 31.2 Å². The van der Waals surface area contributed by atoms with Gasteiger partial charge in [0.1, 0.15) is 11.8 Å². The second kappa shape index (κ2) is 11.3. The molecule has 0 bridgehead atoms. The molecule has 2 aliphatic carbocycles. The third kappa shape index (κ3) is 4.51. The van der Waals surface area contributed by atoms with Crippen LogP contribution in [0.15, 0.2) is 163 Å². The van der Waals surface area contributed by atoms with Gasteiger partial charge in [0.2, 0.25) is 0 Å². The van der Waals surface area contributed by atoms with Crippen LogP contribution in [0.4, 0.5) is 0 Å². The first-order valence-corrected chi connectivity index (χ1v) is 15.3. The predicted molar refractivity (Wildman–Crippen MR) is 185 cm³/mol. The van der Waals surface area contributed by atoms with Crippen LogP contribution < -0.4 is 11.5 Å². The first-order chi connectivity index (χ1) is 22.1. The van der Waals surface area contributed by atoms with Crippen molar-refractivity contribution < 1.29 is 0 Å². The van der Waals surface area contributed by atoms with Gasteiger partial charge in [-0.15, -0.1) is 0 Å². The average Bonchev–Trinajstić information content (AvgIpc) is 3.55. The van der Waals surface area contributed by atoms with Gasteiger partial charge in [0.05, 0.1) is 5.41 Å². The molecule has 0 radical (unpaired) electrons. The minimum absolute atomic E-state index is 0.127. The zero-order chi connectivity index (χ0) is 31.0. The number of nitrogens with zero attached hydrogens (tertiary/aromatic N) is 1. The van der Waals surface area contributed by atoms with Crippen LogP contribution in [0.25, 0.3) is 33.4 Å². The van der Waals surface area contributed by atoms with E-state index >= 15 is 0 Å². The fraction of sp³-hybridized carbons (Fsp3) is 0.0714. The van der Waals surface area contributed by atoms with E-state index in [1.54, 1.807) is 6.08 Å². The van der Waals surface area contributed by atoms with Crippen molar-refractivity contribution in [3.05, 3.63) is 190 Å². The molecule has 0 heterocycles. The molecule has 2 aliphatic rings. The highest BCUT2D eigenvalue weighted by atomic mass is 14.6. The maximum absolute atomic E-state index is 9.02. The van der Waals surface area contributed by atoms with Crippen LogP contribution in [0.5, 0.6) is 0 Å². The van der Waals surface area contributed by atoms with Gasteiger partial charge in [-0.1, -0.05) is 127 Å². The minimum Gasteiger partial charge on any atom is -0.398 e. The summed E-state index contributed by atoms with van der Waals surface area (Å²) in [5, 5.41) is 9.02. The molecule has 3 nitrogen and oxygen atoms in total. The minimum atomic E-state index is -0.361. The van der Waals surface area contributed by atoms with Crippen LogP contribution in [0.2, 0.25) is 0 Å². The van der Waals surface area contributed by atoms with Crippen molar-refractivity contribution in [1.29, 1.82) is 5.26 Å². The number of nitrogens with two attached hydrogens (primary N) is 2. The fourth-order valence-electron chi connectivity index (χ4n) is 7.14. The predicted octanol–water partition coefficient (Wildman–Crippen LogP) is 8.95. The molecule has 3 heteroatoms. The van der Waals surface area contributed by atoms with E-state index in [0.29, 0.717) is 5.70 Å². The molecule has 45 heavy (non-hydrogen) atoms. The molecule has 0 aromatic heterocycles. The van der Waals surface area contributed by atoms with Crippen molar-refractivity contribution >= 4 is 0 Å². The Morgan fingerprint density at radius 3 is 1.96 bits per heavy atom. The van der Waals surface area contributed by atoms with E-state index < -0.39 is 0 Å². The summed E-state index contributed by atoms with van der Waals surface area (Å²) in [5.74, 6) is 0. The molecular formula is C42H33N3. The molecule has 1 spiro atoms. The molecular weight excluding hydrogens is 546 g/mol. The van der Waals surface area contributed by atoms with Gasteiger partial charge in [0, 0.05) is 5.70 Å². The topological polar surface area (TPSA) is 75.8 Å². The van der Waals surface area contributed by atoms with Crippen LogP contribution in [0, 0.1) is 11.3 Å². The number of allylic oxidation sites excluding steroid dienone is 6. The summed E-state index contributed by atoms with van der Waals surface area (Å²) in [7, 11) is 0. The lowest BCUT2D eigenvalue weighted by atomic mass is 9.70. The van der Waals surface area contributed by atoms with Crippen molar-refractivity contribution in [1.82, 2.24) is 0 Å². The third-order valence-electron chi connectivity index (χ3n) is 9.11. The van der Waals surface area contributed by atoms with E-state index in [-0.39, 0.29) is 11.1 Å². The quantitative estimate of drug-likeness (QED) is 0.153. The SMILES string of the molecule is C/C=C(\C=C(/N)C#N)C(/N)=C/C=C\Cc1ccc2c(c1)-c1cc(-c3ccccc3)ccc1C21c2ccccc2-c2ccccc21. The lowest BCUT2D eigenvalue weighted by Crippen LogP contribution is -2.25. The second-order valence-electron chi connectivity index (χ2n) is 11.6. The lowest BCUT2D eigenvalue weighted by Gasteiger charge is -2.30. The van der Waals surface area contributed by atoms with Crippen molar-refractivity contribution in [3.8, 4) is 39.4 Å². The van der Waals surface area contributed by atoms with Gasteiger partial charge in [-0.3, -0.25) is 0 Å². The zero-order valence-corrected chi connectivity index (χ0v) is 25.2. The Balaban J connectivity index is 1.34. The summed E-state index contributed by atoms with van der Waals surface area (Å²) in [6, 6.07) is 44.3. The average molecular weight is 580 g/mol. The highest BCUT2D eigenvalue weighted by molar-refractivity contribution is 5.96. The number of rotatable bonds is 6. The first-order valence-electron chi connectivity index (χ1n) is 15.3. The van der Waals surface area contributed by atoms with Gasteiger partial charge >= 0.3 is 0 Å². The van der Waals surface area contributed by atoms with E-state index in [9.17, 15) is 0 Å². The molecule has 7 rings (SSSR count). The Hall–Kier alpha value is -5.85. The van der Waals surface area contributed by atoms with E-state index in [0.717, 1.165) is 12.0 Å². The molecule has 0 fully saturated rings. The maximum Gasteiger partial charge on any atom is 0.117 e. The monoisotopic (exact) mass is 579 g/mol. The Kier molecular flexibility index (Phi) is 7.04. The van der Waals surface area contributed by atoms with E-state index in [1.165, 1.54) is 61.2 Å². The highest BCUT2D eigenvalue weighted by Crippen LogP contribution is 2.63. The Labute approximate surface area is 264 Å². The molecule has 0 saturated heterocycles. The van der Waals surface area contributed by atoms with Crippen LogP contribution in [0.3, 0.4) is 0 Å². The third-order valence-corrected chi connectivity index (χ3v) is 9.11. The van der Waals surface area contributed by atoms with Crippen molar-refractivity contribution in [2.24, 2.45) is 11.5 Å². The molecule has 5 aromatic rings. The molecule has 4 N–H and O–H groups in total. The molecule has 0 atom stereocenters. The normalized spacial score (nSPS) is 14.6. The van der Waals surface area contributed by atoms with Crippen molar-refractivity contribution in [2.75, 3.05) is 0 Å². The molecule has 5 aromatic carbocycles. The van der Waals surface area contributed by atoms with Crippen LogP contribution >= 0.6 is 0 Å². The summed E-state index contributed by atoms with van der Waals surface area (Å²) in [6.07, 6.45) is 10.1. The number of nitriles is 1. The molecule has 0 unspecified atom stereocenters. The second-order valence-corrected chi connectivity index (χ2v) is 11.6. The van der Waals surface area contributed by atoms with Crippen molar-refractivity contribution in [3.63, 3.8) is 0 Å². The van der Waals surface area contributed by atoms with E-state index in [2.05, 4.69) is 121 Å². The largest absolute Gasteiger partial charge is 0.398 e. The number of hydrogen-bond acceptors (Lipinski definition) is 3. The maximum atomic E-state index is 9.02. The summed E-state index contributed by atoms with van der Waals surface area (Å²) >= 11 is 0. The number of hydrogen-bond donors (Lipinski definition) is 2. The molecule has 216 valence electrons.